The Morgan fingerprint density at radius 1 is 0.778 bits per heavy atom. The van der Waals surface area contributed by atoms with E-state index < -0.39 is 0 Å². The van der Waals surface area contributed by atoms with Gasteiger partial charge in [-0.3, -0.25) is 0 Å². The van der Waals surface area contributed by atoms with E-state index in [1.807, 2.05) is 18.2 Å². The summed E-state index contributed by atoms with van der Waals surface area (Å²) < 4.78 is 1.10. The van der Waals surface area contributed by atoms with E-state index in [0.717, 1.165) is 9.37 Å². The second kappa shape index (κ2) is 4.79. The predicted molar refractivity (Wildman–Crippen MR) is 84.3 cm³/mol. The molecule has 88 valence electrons. The van der Waals surface area contributed by atoms with Crippen molar-refractivity contribution in [1.29, 1.82) is 0 Å². The van der Waals surface area contributed by atoms with Gasteiger partial charge in [0.1, 0.15) is 0 Å². The molecule has 0 spiro atoms. The zero-order chi connectivity index (χ0) is 12.5. The smallest absolute Gasteiger partial charge is 0.0181 e. The van der Waals surface area contributed by atoms with Crippen LogP contribution >= 0.6 is 28.6 Å². The molecule has 0 amide bonds. The Bertz CT molecular complexity index is 719. The maximum absolute atomic E-state index is 4.55. The van der Waals surface area contributed by atoms with Crippen LogP contribution in [-0.2, 0) is 0 Å². The van der Waals surface area contributed by atoms with Crippen LogP contribution in [0.4, 0.5) is 0 Å². The lowest BCUT2D eigenvalue weighted by molar-refractivity contribution is 1.47. The molecule has 3 aromatic rings. The van der Waals surface area contributed by atoms with Gasteiger partial charge in [-0.2, -0.15) is 0 Å². The molecular formula is C16H11BrS. The molecule has 0 aromatic heterocycles. The second-order valence-electron chi connectivity index (χ2n) is 4.19. The Hall–Kier alpha value is -1.25. The summed E-state index contributed by atoms with van der Waals surface area (Å²) in [5.41, 5.74) is 2.39. The number of hydrogen-bond donors (Lipinski definition) is 1. The van der Waals surface area contributed by atoms with Gasteiger partial charge in [-0.15, -0.1) is 12.6 Å². The average molecular weight is 315 g/mol. The van der Waals surface area contributed by atoms with E-state index in [-0.39, 0.29) is 0 Å². The molecule has 0 unspecified atom stereocenters. The molecule has 0 saturated heterocycles. The van der Waals surface area contributed by atoms with Gasteiger partial charge in [-0.05, 0) is 40.1 Å². The third-order valence-corrected chi connectivity index (χ3v) is 3.92. The van der Waals surface area contributed by atoms with Gasteiger partial charge in [0.05, 0.1) is 0 Å². The topological polar surface area (TPSA) is 0 Å². The van der Waals surface area contributed by atoms with Gasteiger partial charge in [0.2, 0.25) is 0 Å². The molecule has 0 aliphatic carbocycles. The van der Waals surface area contributed by atoms with Crippen molar-refractivity contribution in [2.75, 3.05) is 0 Å². The maximum Gasteiger partial charge on any atom is 0.0181 e. The van der Waals surface area contributed by atoms with Gasteiger partial charge in [0, 0.05) is 9.37 Å². The number of benzene rings is 3. The van der Waals surface area contributed by atoms with E-state index in [9.17, 15) is 0 Å². The third kappa shape index (κ3) is 2.06. The van der Waals surface area contributed by atoms with Crippen LogP contribution in [0.1, 0.15) is 0 Å². The van der Waals surface area contributed by atoms with E-state index in [1.165, 1.54) is 21.9 Å². The highest BCUT2D eigenvalue weighted by Crippen LogP contribution is 2.33. The molecule has 0 bridgehead atoms. The summed E-state index contributed by atoms with van der Waals surface area (Å²) in [6, 6.07) is 20.9. The SMILES string of the molecule is Sc1ccccc1-c1cccc2ccc(Br)cc12. The molecule has 0 aliphatic rings. The fraction of sp³-hybridized carbons (Fsp3) is 0. The minimum atomic E-state index is 1.00. The zero-order valence-corrected chi connectivity index (χ0v) is 12.1. The normalized spacial score (nSPS) is 10.8. The van der Waals surface area contributed by atoms with Crippen molar-refractivity contribution in [3.63, 3.8) is 0 Å². The Balaban J connectivity index is 2.36. The van der Waals surface area contributed by atoms with Crippen LogP contribution in [-0.4, -0.2) is 0 Å². The summed E-state index contributed by atoms with van der Waals surface area (Å²) in [7, 11) is 0. The van der Waals surface area contributed by atoms with E-state index in [0.29, 0.717) is 0 Å². The van der Waals surface area contributed by atoms with Crippen molar-refractivity contribution in [2.24, 2.45) is 0 Å². The average Bonchev–Trinajstić information content (AvgIpc) is 2.39. The van der Waals surface area contributed by atoms with Gasteiger partial charge in [-0.1, -0.05) is 58.4 Å². The van der Waals surface area contributed by atoms with Crippen molar-refractivity contribution < 1.29 is 0 Å². The molecule has 2 heteroatoms. The van der Waals surface area contributed by atoms with Crippen molar-refractivity contribution in [2.45, 2.75) is 4.90 Å². The highest BCUT2D eigenvalue weighted by atomic mass is 79.9. The molecule has 0 saturated carbocycles. The summed E-state index contributed by atoms with van der Waals surface area (Å²) in [6.45, 7) is 0. The first-order valence-electron chi connectivity index (χ1n) is 5.72. The highest BCUT2D eigenvalue weighted by Gasteiger charge is 2.06. The monoisotopic (exact) mass is 314 g/mol. The molecule has 3 rings (SSSR count). The van der Waals surface area contributed by atoms with Crippen LogP contribution in [0.2, 0.25) is 0 Å². The lowest BCUT2D eigenvalue weighted by Gasteiger charge is -2.09. The van der Waals surface area contributed by atoms with Crippen LogP contribution in [0.3, 0.4) is 0 Å². The van der Waals surface area contributed by atoms with Crippen LogP contribution in [0, 0.1) is 0 Å². The summed E-state index contributed by atoms with van der Waals surface area (Å²) in [5.74, 6) is 0. The molecule has 3 aromatic carbocycles. The van der Waals surface area contributed by atoms with Gasteiger partial charge in [0.15, 0.2) is 0 Å². The van der Waals surface area contributed by atoms with Crippen molar-refractivity contribution >= 4 is 39.3 Å². The van der Waals surface area contributed by atoms with Crippen LogP contribution in [0.5, 0.6) is 0 Å². The zero-order valence-electron chi connectivity index (χ0n) is 9.60. The summed E-state index contributed by atoms with van der Waals surface area (Å²) in [4.78, 5) is 1.00. The van der Waals surface area contributed by atoms with Crippen molar-refractivity contribution in [3.05, 3.63) is 65.1 Å². The van der Waals surface area contributed by atoms with Gasteiger partial charge < -0.3 is 0 Å². The van der Waals surface area contributed by atoms with Crippen molar-refractivity contribution in [3.8, 4) is 11.1 Å². The summed E-state index contributed by atoms with van der Waals surface area (Å²) in [6.07, 6.45) is 0. The van der Waals surface area contributed by atoms with Crippen LogP contribution in [0.15, 0.2) is 70.0 Å². The van der Waals surface area contributed by atoms with Crippen LogP contribution < -0.4 is 0 Å². The van der Waals surface area contributed by atoms with Gasteiger partial charge in [-0.25, -0.2) is 0 Å². The van der Waals surface area contributed by atoms with Crippen LogP contribution in [0.25, 0.3) is 21.9 Å². The number of rotatable bonds is 1. The summed E-state index contributed by atoms with van der Waals surface area (Å²) in [5, 5.41) is 2.49. The Kier molecular flexibility index (Phi) is 3.14. The molecule has 0 fully saturated rings. The van der Waals surface area contributed by atoms with Gasteiger partial charge >= 0.3 is 0 Å². The second-order valence-corrected chi connectivity index (χ2v) is 5.59. The fourth-order valence-electron chi connectivity index (χ4n) is 2.18. The first-order chi connectivity index (χ1) is 8.75. The first-order valence-corrected chi connectivity index (χ1v) is 6.96. The predicted octanol–water partition coefficient (Wildman–Crippen LogP) is 5.56. The van der Waals surface area contributed by atoms with E-state index in [1.54, 1.807) is 0 Å². The standard InChI is InChI=1S/C16H11BrS/c17-12-9-8-11-4-3-6-13(15(11)10-12)14-5-1-2-7-16(14)18/h1-10,18H. The minimum Gasteiger partial charge on any atom is -0.143 e. The number of fused-ring (bicyclic) bond motifs is 1. The van der Waals surface area contributed by atoms with E-state index >= 15 is 0 Å². The molecule has 0 N–H and O–H groups in total. The molecular weight excluding hydrogens is 304 g/mol. The molecule has 0 radical (unpaired) electrons. The number of hydrogen-bond acceptors (Lipinski definition) is 1. The maximum atomic E-state index is 4.55. The first kappa shape index (κ1) is 11.8. The minimum absolute atomic E-state index is 1.00. The van der Waals surface area contributed by atoms with Crippen molar-refractivity contribution in [1.82, 2.24) is 0 Å². The number of halogens is 1. The Labute approximate surface area is 120 Å². The summed E-state index contributed by atoms with van der Waals surface area (Å²) >= 11 is 8.09. The van der Waals surface area contributed by atoms with E-state index in [4.69, 9.17) is 0 Å². The Morgan fingerprint density at radius 3 is 2.39 bits per heavy atom. The molecule has 0 nitrogen and oxygen atoms in total. The lowest BCUT2D eigenvalue weighted by Crippen LogP contribution is -1.83. The fourth-order valence-corrected chi connectivity index (χ4v) is 2.82. The molecule has 18 heavy (non-hydrogen) atoms. The highest BCUT2D eigenvalue weighted by molar-refractivity contribution is 9.10. The largest absolute Gasteiger partial charge is 0.143 e. The quantitative estimate of drug-likeness (QED) is 0.559. The number of thiol groups is 1. The lowest BCUT2D eigenvalue weighted by atomic mass is 9.98. The third-order valence-electron chi connectivity index (χ3n) is 3.04. The van der Waals surface area contributed by atoms with E-state index in [2.05, 4.69) is 71.0 Å². The molecule has 0 atom stereocenters. The van der Waals surface area contributed by atoms with Gasteiger partial charge in [0.25, 0.3) is 0 Å². The molecule has 0 heterocycles. The molecule has 0 aliphatic heterocycles. The Morgan fingerprint density at radius 2 is 1.56 bits per heavy atom.